The molecule has 1 fully saturated rings. The number of ether oxygens (including phenoxy) is 1. The van der Waals surface area contributed by atoms with Gasteiger partial charge in [-0.05, 0) is 72.8 Å². The van der Waals surface area contributed by atoms with E-state index in [1.54, 1.807) is 6.20 Å². The van der Waals surface area contributed by atoms with Crippen molar-refractivity contribution in [2.24, 2.45) is 5.92 Å². The minimum absolute atomic E-state index is 0.00721. The van der Waals surface area contributed by atoms with Gasteiger partial charge in [-0.2, -0.15) is 0 Å². The maximum Gasteiger partial charge on any atom is 0.225 e. The van der Waals surface area contributed by atoms with Gasteiger partial charge in [-0.15, -0.1) is 0 Å². The number of aryl methyl sites for hydroxylation is 1. The Kier molecular flexibility index (Phi) is 7.48. The molecule has 0 bridgehead atoms. The third kappa shape index (κ3) is 7.16. The molecule has 7 heteroatoms. The largest absolute Gasteiger partial charge is 0.493 e. The number of carbonyl (C=O) groups is 1. The summed E-state index contributed by atoms with van der Waals surface area (Å²) in [7, 11) is -3.16. The lowest BCUT2D eigenvalue weighted by atomic mass is 10.0. The number of fused-ring (bicyclic) bond motifs is 1. The molecule has 1 N–H and O–H groups in total. The van der Waals surface area contributed by atoms with Crippen molar-refractivity contribution in [1.82, 2.24) is 4.98 Å². The number of anilines is 1. The second kappa shape index (κ2) is 10.5. The lowest BCUT2D eigenvalue weighted by Gasteiger charge is -2.15. The molecule has 0 spiro atoms. The minimum Gasteiger partial charge on any atom is -0.493 e. The molecule has 1 aliphatic heterocycles. The van der Waals surface area contributed by atoms with E-state index in [1.165, 1.54) is 12.8 Å². The lowest BCUT2D eigenvalue weighted by molar-refractivity contribution is -0.116. The average molecular weight is 469 g/mol. The van der Waals surface area contributed by atoms with Crippen LogP contribution in [0.3, 0.4) is 0 Å². The van der Waals surface area contributed by atoms with Gasteiger partial charge < -0.3 is 10.1 Å². The summed E-state index contributed by atoms with van der Waals surface area (Å²) >= 11 is 0. The number of hydrogen-bond donors (Lipinski definition) is 1. The zero-order valence-electron chi connectivity index (χ0n) is 19.1. The molecular weight excluding hydrogens is 436 g/mol. The van der Waals surface area contributed by atoms with Gasteiger partial charge in [-0.1, -0.05) is 37.3 Å². The van der Waals surface area contributed by atoms with E-state index in [4.69, 9.17) is 4.74 Å². The third-order valence-corrected chi connectivity index (χ3v) is 8.00. The van der Waals surface area contributed by atoms with E-state index in [1.807, 2.05) is 43.3 Å². The summed E-state index contributed by atoms with van der Waals surface area (Å²) < 4.78 is 31.1. The molecule has 0 unspecified atom stereocenters. The Morgan fingerprint density at radius 2 is 2.06 bits per heavy atom. The highest BCUT2D eigenvalue weighted by molar-refractivity contribution is 7.91. The van der Waals surface area contributed by atoms with Gasteiger partial charge in [0, 0.05) is 12.6 Å². The van der Waals surface area contributed by atoms with E-state index in [0.29, 0.717) is 37.4 Å². The molecule has 0 saturated heterocycles. The highest BCUT2D eigenvalue weighted by Crippen LogP contribution is 2.30. The first-order chi connectivity index (χ1) is 15.9. The summed E-state index contributed by atoms with van der Waals surface area (Å²) in [5.74, 6) is 2.36. The van der Waals surface area contributed by atoms with Crippen LogP contribution in [0.2, 0.25) is 0 Å². The van der Waals surface area contributed by atoms with Gasteiger partial charge in [0.05, 0.1) is 18.1 Å². The Bertz CT molecular complexity index is 1120. The molecule has 6 nitrogen and oxygen atoms in total. The molecule has 4 rings (SSSR count). The fraction of sp³-hybridized carbons (Fsp3) is 0.462. The van der Waals surface area contributed by atoms with Crippen molar-refractivity contribution in [1.29, 1.82) is 0 Å². The number of nitrogens with one attached hydrogen (secondary N) is 1. The monoisotopic (exact) mass is 468 g/mol. The van der Waals surface area contributed by atoms with E-state index >= 15 is 0 Å². The van der Waals surface area contributed by atoms with Gasteiger partial charge in [-0.25, -0.2) is 13.4 Å². The molecule has 2 aromatic rings. The minimum atomic E-state index is -3.16. The predicted molar refractivity (Wildman–Crippen MR) is 130 cm³/mol. The number of hydrogen-bond acceptors (Lipinski definition) is 5. The highest BCUT2D eigenvalue weighted by atomic mass is 32.2. The maximum atomic E-state index is 12.6. The average Bonchev–Trinajstić information content (AvgIpc) is 3.62. The van der Waals surface area contributed by atoms with Crippen LogP contribution in [0.1, 0.15) is 55.2 Å². The van der Waals surface area contributed by atoms with E-state index in [0.717, 1.165) is 29.0 Å². The standard InChI is InChI=1S/C26H32N2O4S/c1-19(22-7-5-8-24(15-22)32-17-20-9-10-20)18-33(30,31)13-4-2-3-6-21-14-23-11-12-25(29)28-26(23)27-16-21/h2-3,5,7-8,14-16,19-20H,4,6,9-13,17-18H2,1H3,(H,27,28,29)/b3-2+/t19-/m0/s1. The molecule has 2 aliphatic rings. The first-order valence-electron chi connectivity index (χ1n) is 11.7. The van der Waals surface area contributed by atoms with Crippen molar-refractivity contribution in [2.45, 2.75) is 51.4 Å². The second-order valence-electron chi connectivity index (χ2n) is 9.21. The molecular formula is C26H32N2O4S. The van der Waals surface area contributed by atoms with Crippen LogP contribution >= 0.6 is 0 Å². The Labute approximate surface area is 196 Å². The van der Waals surface area contributed by atoms with Crippen LogP contribution < -0.4 is 10.1 Å². The summed E-state index contributed by atoms with van der Waals surface area (Å²) in [4.78, 5) is 15.8. The predicted octanol–water partition coefficient (Wildman–Crippen LogP) is 4.46. The Hall–Kier alpha value is -2.67. The lowest BCUT2D eigenvalue weighted by Crippen LogP contribution is -2.20. The van der Waals surface area contributed by atoms with Crippen molar-refractivity contribution < 1.29 is 17.9 Å². The van der Waals surface area contributed by atoms with Crippen molar-refractivity contribution in [3.63, 3.8) is 0 Å². The van der Waals surface area contributed by atoms with Gasteiger partial charge in [0.15, 0.2) is 9.84 Å². The molecule has 33 heavy (non-hydrogen) atoms. The molecule has 1 aliphatic carbocycles. The molecule has 1 aromatic heterocycles. The van der Waals surface area contributed by atoms with E-state index in [2.05, 4.69) is 16.4 Å². The molecule has 1 aromatic carbocycles. The maximum absolute atomic E-state index is 12.6. The summed E-state index contributed by atoms with van der Waals surface area (Å²) in [6.07, 6.45) is 10.5. The SMILES string of the molecule is C[C@@H](CS(=O)(=O)CC/C=C/Cc1cnc2c(c1)CCC(=O)N2)c1cccc(OCC2CC2)c1. The zero-order valence-corrected chi connectivity index (χ0v) is 19.9. The van der Waals surface area contributed by atoms with E-state index < -0.39 is 9.84 Å². The van der Waals surface area contributed by atoms with E-state index in [-0.39, 0.29) is 23.3 Å². The quantitative estimate of drug-likeness (QED) is 0.492. The van der Waals surface area contributed by atoms with Crippen molar-refractivity contribution >= 4 is 21.6 Å². The molecule has 0 radical (unpaired) electrons. The number of sulfone groups is 1. The number of amides is 1. The summed E-state index contributed by atoms with van der Waals surface area (Å²) in [6.45, 7) is 2.71. The van der Waals surface area contributed by atoms with Gasteiger partial charge in [0.25, 0.3) is 0 Å². The van der Waals surface area contributed by atoms with Gasteiger partial charge in [-0.3, -0.25) is 4.79 Å². The Morgan fingerprint density at radius 3 is 2.88 bits per heavy atom. The number of rotatable bonds is 11. The van der Waals surface area contributed by atoms with Crippen molar-refractivity contribution in [3.8, 4) is 5.75 Å². The van der Waals surface area contributed by atoms with Crippen LogP contribution in [0.15, 0.2) is 48.7 Å². The van der Waals surface area contributed by atoms with E-state index in [9.17, 15) is 13.2 Å². The number of nitrogens with zero attached hydrogens (tertiary/aromatic N) is 1. The van der Waals surface area contributed by atoms with Crippen molar-refractivity contribution in [3.05, 3.63) is 65.4 Å². The first kappa shape index (κ1) is 23.5. The van der Waals surface area contributed by atoms with Crippen LogP contribution in [-0.4, -0.2) is 37.4 Å². The first-order valence-corrected chi connectivity index (χ1v) is 13.6. The molecule has 1 amide bonds. The van der Waals surface area contributed by atoms with Gasteiger partial charge in [0.1, 0.15) is 11.6 Å². The number of pyridine rings is 1. The normalized spacial score (nSPS) is 16.9. The summed E-state index contributed by atoms with van der Waals surface area (Å²) in [6, 6.07) is 9.88. The smallest absolute Gasteiger partial charge is 0.225 e. The second-order valence-corrected chi connectivity index (χ2v) is 11.4. The number of carbonyl (C=O) groups excluding carboxylic acids is 1. The van der Waals surface area contributed by atoms with Gasteiger partial charge >= 0.3 is 0 Å². The molecule has 2 heterocycles. The van der Waals surface area contributed by atoms with Crippen LogP contribution in [0.4, 0.5) is 5.82 Å². The summed E-state index contributed by atoms with van der Waals surface area (Å²) in [5, 5.41) is 2.78. The zero-order chi connectivity index (χ0) is 23.3. The van der Waals surface area contributed by atoms with Crippen LogP contribution in [0.25, 0.3) is 0 Å². The number of benzene rings is 1. The molecule has 1 atom stereocenters. The fourth-order valence-corrected chi connectivity index (χ4v) is 5.59. The third-order valence-electron chi connectivity index (χ3n) is 6.13. The Balaban J connectivity index is 1.23. The molecule has 1 saturated carbocycles. The summed E-state index contributed by atoms with van der Waals surface area (Å²) in [5.41, 5.74) is 3.11. The van der Waals surface area contributed by atoms with Crippen molar-refractivity contribution in [2.75, 3.05) is 23.4 Å². The highest BCUT2D eigenvalue weighted by Gasteiger charge is 2.22. The van der Waals surface area contributed by atoms with Gasteiger partial charge in [0.2, 0.25) is 5.91 Å². The molecule has 176 valence electrons. The van der Waals surface area contributed by atoms with Crippen LogP contribution in [-0.2, 0) is 27.5 Å². The van der Waals surface area contributed by atoms with Crippen LogP contribution in [0, 0.1) is 5.92 Å². The fourth-order valence-electron chi connectivity index (χ4n) is 3.97. The number of aromatic nitrogens is 1. The topological polar surface area (TPSA) is 85.4 Å². The Morgan fingerprint density at radius 1 is 1.21 bits per heavy atom. The van der Waals surface area contributed by atoms with Crippen LogP contribution in [0.5, 0.6) is 5.75 Å². The number of allylic oxidation sites excluding steroid dienone is 2.